The molecular formula is C12H14N2O2. The third kappa shape index (κ3) is 1.46. The molecule has 1 N–H and O–H groups in total. The van der Waals surface area contributed by atoms with Gasteiger partial charge in [0.2, 0.25) is 5.82 Å². The van der Waals surface area contributed by atoms with E-state index in [2.05, 4.69) is 18.8 Å². The largest absolute Gasteiger partial charge is 0.475 e. The highest BCUT2D eigenvalue weighted by Gasteiger charge is 2.17. The van der Waals surface area contributed by atoms with E-state index in [-0.39, 0.29) is 5.82 Å². The molecule has 1 aromatic heterocycles. The summed E-state index contributed by atoms with van der Waals surface area (Å²) in [6.45, 7) is 4.17. The zero-order chi connectivity index (χ0) is 11.9. The van der Waals surface area contributed by atoms with Crippen LogP contribution in [-0.2, 0) is 7.05 Å². The minimum absolute atomic E-state index is 0.0862. The van der Waals surface area contributed by atoms with E-state index in [4.69, 9.17) is 5.11 Å². The van der Waals surface area contributed by atoms with E-state index in [1.165, 1.54) is 0 Å². The maximum Gasteiger partial charge on any atom is 0.372 e. The van der Waals surface area contributed by atoms with Crippen LogP contribution in [0.25, 0.3) is 11.0 Å². The summed E-state index contributed by atoms with van der Waals surface area (Å²) in [4.78, 5) is 15.1. The Labute approximate surface area is 93.5 Å². The molecule has 1 heterocycles. The molecule has 1 aromatic carbocycles. The number of carboxylic acid groups (broad SMARTS) is 1. The topological polar surface area (TPSA) is 55.1 Å². The van der Waals surface area contributed by atoms with Gasteiger partial charge in [0, 0.05) is 7.05 Å². The highest BCUT2D eigenvalue weighted by Crippen LogP contribution is 2.25. The fourth-order valence-corrected chi connectivity index (χ4v) is 1.96. The summed E-state index contributed by atoms with van der Waals surface area (Å²) in [5.74, 6) is -0.558. The molecule has 0 atom stereocenters. The lowest BCUT2D eigenvalue weighted by molar-refractivity contribution is 0.0680. The van der Waals surface area contributed by atoms with Crippen molar-refractivity contribution in [3.63, 3.8) is 0 Å². The predicted octanol–water partition coefficient (Wildman–Crippen LogP) is 2.39. The van der Waals surface area contributed by atoms with Crippen molar-refractivity contribution in [1.29, 1.82) is 0 Å². The number of hydrogen-bond donors (Lipinski definition) is 1. The average molecular weight is 218 g/mol. The van der Waals surface area contributed by atoms with Gasteiger partial charge >= 0.3 is 5.97 Å². The Morgan fingerprint density at radius 2 is 2.12 bits per heavy atom. The molecule has 0 spiro atoms. The van der Waals surface area contributed by atoms with E-state index < -0.39 is 5.97 Å². The number of para-hydroxylation sites is 1. The Kier molecular flexibility index (Phi) is 2.42. The van der Waals surface area contributed by atoms with Gasteiger partial charge in [-0.2, -0.15) is 0 Å². The zero-order valence-electron chi connectivity index (χ0n) is 9.56. The van der Waals surface area contributed by atoms with Crippen LogP contribution in [-0.4, -0.2) is 20.6 Å². The first kappa shape index (κ1) is 10.7. The van der Waals surface area contributed by atoms with Crippen LogP contribution in [0.4, 0.5) is 0 Å². The number of nitrogens with zero attached hydrogens (tertiary/aromatic N) is 2. The quantitative estimate of drug-likeness (QED) is 0.842. The molecule has 0 aliphatic heterocycles. The second kappa shape index (κ2) is 3.63. The Bertz CT molecular complexity index is 555. The van der Waals surface area contributed by atoms with Crippen LogP contribution in [0.1, 0.15) is 35.9 Å². The molecule has 2 rings (SSSR count). The Hall–Kier alpha value is -1.84. The van der Waals surface area contributed by atoms with Crippen molar-refractivity contribution in [3.05, 3.63) is 29.6 Å². The SMILES string of the molecule is CC(C)c1cccc2nc(C(=O)O)n(C)c12. The maximum absolute atomic E-state index is 11.0. The van der Waals surface area contributed by atoms with Gasteiger partial charge in [-0.3, -0.25) is 0 Å². The van der Waals surface area contributed by atoms with Crippen molar-refractivity contribution in [3.8, 4) is 0 Å². The maximum atomic E-state index is 11.0. The zero-order valence-corrected chi connectivity index (χ0v) is 9.56. The van der Waals surface area contributed by atoms with E-state index in [1.54, 1.807) is 11.6 Å². The molecule has 0 saturated carbocycles. The first-order valence-corrected chi connectivity index (χ1v) is 5.21. The molecule has 0 aliphatic carbocycles. The summed E-state index contributed by atoms with van der Waals surface area (Å²) in [7, 11) is 1.74. The van der Waals surface area contributed by atoms with Crippen LogP contribution < -0.4 is 0 Å². The molecule has 0 aliphatic rings. The molecule has 84 valence electrons. The molecule has 0 bridgehead atoms. The van der Waals surface area contributed by atoms with Gasteiger partial charge in [-0.15, -0.1) is 0 Å². The first-order valence-electron chi connectivity index (χ1n) is 5.21. The summed E-state index contributed by atoms with van der Waals surface area (Å²) in [6, 6.07) is 5.77. The lowest BCUT2D eigenvalue weighted by Gasteiger charge is -2.08. The van der Waals surface area contributed by atoms with Crippen molar-refractivity contribution in [1.82, 2.24) is 9.55 Å². The van der Waals surface area contributed by atoms with Crippen LogP contribution in [0, 0.1) is 0 Å². The van der Waals surface area contributed by atoms with Crippen LogP contribution in [0.15, 0.2) is 18.2 Å². The summed E-state index contributed by atoms with van der Waals surface area (Å²) in [6.07, 6.45) is 0. The van der Waals surface area contributed by atoms with E-state index in [1.807, 2.05) is 18.2 Å². The monoisotopic (exact) mass is 218 g/mol. The van der Waals surface area contributed by atoms with Crippen molar-refractivity contribution < 1.29 is 9.90 Å². The van der Waals surface area contributed by atoms with Gasteiger partial charge < -0.3 is 9.67 Å². The Balaban J connectivity index is 2.82. The van der Waals surface area contributed by atoms with Crippen molar-refractivity contribution in [2.75, 3.05) is 0 Å². The summed E-state index contributed by atoms with van der Waals surface area (Å²) < 4.78 is 1.65. The number of fused-ring (bicyclic) bond motifs is 1. The molecule has 4 heteroatoms. The number of carbonyl (C=O) groups is 1. The molecule has 0 amide bonds. The van der Waals surface area contributed by atoms with Gasteiger partial charge in [0.1, 0.15) is 0 Å². The minimum Gasteiger partial charge on any atom is -0.475 e. The standard InChI is InChI=1S/C12H14N2O2/c1-7(2)8-5-4-6-9-10(8)14(3)11(13-9)12(15)16/h4-7H,1-3H3,(H,15,16). The number of imidazole rings is 1. The molecule has 16 heavy (non-hydrogen) atoms. The number of carboxylic acids is 1. The van der Waals surface area contributed by atoms with Gasteiger partial charge in [-0.1, -0.05) is 26.0 Å². The van der Waals surface area contributed by atoms with Crippen LogP contribution in [0.3, 0.4) is 0 Å². The van der Waals surface area contributed by atoms with Crippen LogP contribution >= 0.6 is 0 Å². The van der Waals surface area contributed by atoms with Crippen LogP contribution in [0.5, 0.6) is 0 Å². The number of aryl methyl sites for hydroxylation is 1. The molecule has 2 aromatic rings. The summed E-state index contributed by atoms with van der Waals surface area (Å²) in [5, 5.41) is 9.01. The average Bonchev–Trinajstić information content (AvgIpc) is 2.56. The smallest absolute Gasteiger partial charge is 0.372 e. The second-order valence-corrected chi connectivity index (χ2v) is 4.17. The van der Waals surface area contributed by atoms with E-state index >= 15 is 0 Å². The lowest BCUT2D eigenvalue weighted by atomic mass is 10.0. The molecule has 0 fully saturated rings. The Morgan fingerprint density at radius 3 is 2.69 bits per heavy atom. The van der Waals surface area contributed by atoms with Gasteiger partial charge in [-0.05, 0) is 17.5 Å². The first-order chi connectivity index (χ1) is 7.52. The van der Waals surface area contributed by atoms with Gasteiger partial charge in [0.15, 0.2) is 0 Å². The number of benzene rings is 1. The summed E-state index contributed by atoms with van der Waals surface area (Å²) in [5.41, 5.74) is 2.78. The molecule has 0 radical (unpaired) electrons. The van der Waals surface area contributed by atoms with Gasteiger partial charge in [-0.25, -0.2) is 9.78 Å². The molecular weight excluding hydrogens is 204 g/mol. The minimum atomic E-state index is -0.992. The second-order valence-electron chi connectivity index (χ2n) is 4.17. The van der Waals surface area contributed by atoms with Crippen molar-refractivity contribution in [2.24, 2.45) is 7.05 Å². The van der Waals surface area contributed by atoms with E-state index in [9.17, 15) is 4.79 Å². The summed E-state index contributed by atoms with van der Waals surface area (Å²) >= 11 is 0. The predicted molar refractivity (Wildman–Crippen MR) is 61.8 cm³/mol. The van der Waals surface area contributed by atoms with Gasteiger partial charge in [0.25, 0.3) is 0 Å². The molecule has 4 nitrogen and oxygen atoms in total. The van der Waals surface area contributed by atoms with E-state index in [0.717, 1.165) is 16.6 Å². The fraction of sp³-hybridized carbons (Fsp3) is 0.333. The number of hydrogen-bond acceptors (Lipinski definition) is 2. The van der Waals surface area contributed by atoms with Gasteiger partial charge in [0.05, 0.1) is 11.0 Å². The molecule has 0 unspecified atom stereocenters. The third-order valence-electron chi connectivity index (χ3n) is 2.74. The third-order valence-corrected chi connectivity index (χ3v) is 2.74. The highest BCUT2D eigenvalue weighted by molar-refractivity contribution is 5.91. The van der Waals surface area contributed by atoms with Crippen molar-refractivity contribution >= 4 is 17.0 Å². The lowest BCUT2D eigenvalue weighted by Crippen LogP contribution is -2.06. The number of rotatable bonds is 2. The van der Waals surface area contributed by atoms with E-state index in [0.29, 0.717) is 5.92 Å². The number of aromatic nitrogens is 2. The fourth-order valence-electron chi connectivity index (χ4n) is 1.96. The Morgan fingerprint density at radius 1 is 1.44 bits per heavy atom. The highest BCUT2D eigenvalue weighted by atomic mass is 16.4. The number of aromatic carboxylic acids is 1. The van der Waals surface area contributed by atoms with Crippen LogP contribution in [0.2, 0.25) is 0 Å². The normalized spacial score (nSPS) is 11.2. The molecule has 0 saturated heterocycles. The van der Waals surface area contributed by atoms with Crippen molar-refractivity contribution in [2.45, 2.75) is 19.8 Å².